The summed E-state index contributed by atoms with van der Waals surface area (Å²) in [5.41, 5.74) is 0.435. The van der Waals surface area contributed by atoms with Gasteiger partial charge in [-0.2, -0.15) is 4.98 Å². The Hall–Kier alpha value is -2.91. The predicted octanol–water partition coefficient (Wildman–Crippen LogP) is 0.289. The van der Waals surface area contributed by atoms with Crippen LogP contribution in [0.15, 0.2) is 10.7 Å². The lowest BCUT2D eigenvalue weighted by Gasteiger charge is -2.31. The van der Waals surface area contributed by atoms with Crippen LogP contribution in [0.25, 0.3) is 0 Å². The summed E-state index contributed by atoms with van der Waals surface area (Å²) >= 11 is 0. The number of piperidine rings is 1. The predicted molar refractivity (Wildman–Crippen MR) is 89.3 cm³/mol. The number of carbonyl (C=O) groups excluding carboxylic acids is 2. The molecule has 1 saturated heterocycles. The van der Waals surface area contributed by atoms with E-state index in [1.807, 2.05) is 0 Å². The van der Waals surface area contributed by atoms with Crippen molar-refractivity contribution in [3.05, 3.63) is 23.5 Å². The molecular formula is C16H22N6O4. The van der Waals surface area contributed by atoms with Gasteiger partial charge in [0, 0.05) is 32.3 Å². The first kappa shape index (κ1) is 17.9. The number of likely N-dealkylation sites (tertiary alicyclic amines) is 1. The van der Waals surface area contributed by atoms with Crippen molar-refractivity contribution in [2.45, 2.75) is 26.3 Å². The quantitative estimate of drug-likeness (QED) is 0.812. The van der Waals surface area contributed by atoms with E-state index < -0.39 is 0 Å². The van der Waals surface area contributed by atoms with Crippen LogP contribution in [0.2, 0.25) is 0 Å². The molecule has 2 amide bonds. The molecule has 0 aliphatic carbocycles. The molecule has 2 aromatic heterocycles. The van der Waals surface area contributed by atoms with Gasteiger partial charge in [-0.3, -0.25) is 14.3 Å². The fraction of sp³-hybridized carbons (Fsp3) is 0.562. The molecule has 3 rings (SSSR count). The molecule has 2 aromatic rings. The summed E-state index contributed by atoms with van der Waals surface area (Å²) in [6.07, 6.45) is 2.85. The molecule has 1 aliphatic rings. The maximum atomic E-state index is 12.6. The molecule has 1 aliphatic heterocycles. The molecule has 140 valence electrons. The van der Waals surface area contributed by atoms with E-state index >= 15 is 0 Å². The standard InChI is InChI=1S/C16H22N6O4/c1-10-18-13(26-20-10)8-17-14(23)11-4-6-22(7-5-11)16(24)12-9-21(2)19-15(12)25-3/h9,11H,4-8H2,1-3H3,(H,17,23). The van der Waals surface area contributed by atoms with Gasteiger partial charge >= 0.3 is 0 Å². The normalized spacial score (nSPS) is 15.1. The number of hydrogen-bond donors (Lipinski definition) is 1. The Labute approximate surface area is 150 Å². The summed E-state index contributed by atoms with van der Waals surface area (Å²) in [5.74, 6) is 0.896. The van der Waals surface area contributed by atoms with E-state index in [9.17, 15) is 9.59 Å². The summed E-state index contributed by atoms with van der Waals surface area (Å²) in [5, 5.41) is 10.6. The minimum Gasteiger partial charge on any atom is -0.479 e. The van der Waals surface area contributed by atoms with Crippen molar-refractivity contribution in [3.8, 4) is 5.88 Å². The number of aromatic nitrogens is 4. The van der Waals surface area contributed by atoms with Crippen molar-refractivity contribution in [2.24, 2.45) is 13.0 Å². The average molecular weight is 362 g/mol. The maximum absolute atomic E-state index is 12.6. The van der Waals surface area contributed by atoms with Crippen LogP contribution in [-0.2, 0) is 18.4 Å². The van der Waals surface area contributed by atoms with Gasteiger partial charge < -0.3 is 19.5 Å². The fourth-order valence-corrected chi connectivity index (χ4v) is 3.00. The number of nitrogens with one attached hydrogen (secondary N) is 1. The highest BCUT2D eigenvalue weighted by molar-refractivity contribution is 5.96. The lowest BCUT2D eigenvalue weighted by molar-refractivity contribution is -0.126. The number of hydrogen-bond acceptors (Lipinski definition) is 7. The van der Waals surface area contributed by atoms with E-state index in [1.54, 1.807) is 29.7 Å². The topological polar surface area (TPSA) is 115 Å². The minimum absolute atomic E-state index is 0.0630. The lowest BCUT2D eigenvalue weighted by atomic mass is 9.95. The number of aryl methyl sites for hydroxylation is 2. The highest BCUT2D eigenvalue weighted by Gasteiger charge is 2.30. The molecule has 3 heterocycles. The van der Waals surface area contributed by atoms with Gasteiger partial charge in [0.1, 0.15) is 5.56 Å². The molecule has 0 spiro atoms. The molecule has 0 atom stereocenters. The Morgan fingerprint density at radius 2 is 2.12 bits per heavy atom. The Morgan fingerprint density at radius 1 is 1.38 bits per heavy atom. The minimum atomic E-state index is -0.140. The number of amides is 2. The third-order valence-electron chi connectivity index (χ3n) is 4.36. The zero-order valence-electron chi connectivity index (χ0n) is 15.1. The molecule has 10 nitrogen and oxygen atoms in total. The zero-order chi connectivity index (χ0) is 18.7. The molecule has 1 N–H and O–H groups in total. The van der Waals surface area contributed by atoms with Gasteiger partial charge in [0.25, 0.3) is 5.91 Å². The number of methoxy groups -OCH3 is 1. The molecule has 0 bridgehead atoms. The Bertz CT molecular complexity index is 791. The van der Waals surface area contributed by atoms with Gasteiger partial charge in [-0.1, -0.05) is 5.16 Å². The lowest BCUT2D eigenvalue weighted by Crippen LogP contribution is -2.43. The van der Waals surface area contributed by atoms with Gasteiger partial charge in [-0.25, -0.2) is 0 Å². The number of rotatable bonds is 5. The van der Waals surface area contributed by atoms with E-state index in [1.165, 1.54) is 7.11 Å². The van der Waals surface area contributed by atoms with Crippen LogP contribution in [0.4, 0.5) is 0 Å². The monoisotopic (exact) mass is 362 g/mol. The third-order valence-corrected chi connectivity index (χ3v) is 4.36. The van der Waals surface area contributed by atoms with E-state index in [2.05, 4.69) is 20.6 Å². The van der Waals surface area contributed by atoms with E-state index in [4.69, 9.17) is 9.26 Å². The number of carbonyl (C=O) groups is 2. The second kappa shape index (κ2) is 7.54. The van der Waals surface area contributed by atoms with Crippen molar-refractivity contribution in [1.29, 1.82) is 0 Å². The summed E-state index contributed by atoms with van der Waals surface area (Å²) in [6.45, 7) is 2.95. The van der Waals surface area contributed by atoms with E-state index in [-0.39, 0.29) is 24.3 Å². The third kappa shape index (κ3) is 3.84. The Kier molecular flexibility index (Phi) is 5.19. The van der Waals surface area contributed by atoms with Crippen LogP contribution >= 0.6 is 0 Å². The first-order valence-electron chi connectivity index (χ1n) is 8.41. The van der Waals surface area contributed by atoms with Crippen molar-refractivity contribution >= 4 is 11.8 Å². The van der Waals surface area contributed by atoms with E-state index in [0.29, 0.717) is 49.1 Å². The zero-order valence-corrected chi connectivity index (χ0v) is 15.1. The van der Waals surface area contributed by atoms with Gasteiger partial charge in [0.05, 0.1) is 13.7 Å². The molecular weight excluding hydrogens is 340 g/mol. The number of nitrogens with zero attached hydrogens (tertiary/aromatic N) is 5. The van der Waals surface area contributed by atoms with Crippen molar-refractivity contribution in [2.75, 3.05) is 20.2 Å². The van der Waals surface area contributed by atoms with Crippen LogP contribution in [0.1, 0.15) is 34.9 Å². The molecule has 0 aromatic carbocycles. The average Bonchev–Trinajstić information content (AvgIpc) is 3.24. The second-order valence-electron chi connectivity index (χ2n) is 6.25. The van der Waals surface area contributed by atoms with Crippen molar-refractivity contribution in [3.63, 3.8) is 0 Å². The first-order valence-corrected chi connectivity index (χ1v) is 8.41. The summed E-state index contributed by atoms with van der Waals surface area (Å²) < 4.78 is 11.7. The Morgan fingerprint density at radius 3 is 2.73 bits per heavy atom. The highest BCUT2D eigenvalue weighted by atomic mass is 16.5. The summed E-state index contributed by atoms with van der Waals surface area (Å²) in [4.78, 5) is 30.7. The van der Waals surface area contributed by atoms with Crippen molar-refractivity contribution in [1.82, 2.24) is 30.1 Å². The van der Waals surface area contributed by atoms with Crippen LogP contribution in [0.3, 0.4) is 0 Å². The van der Waals surface area contributed by atoms with Gasteiger partial charge in [0.15, 0.2) is 5.82 Å². The van der Waals surface area contributed by atoms with Gasteiger partial charge in [-0.05, 0) is 19.8 Å². The second-order valence-corrected chi connectivity index (χ2v) is 6.25. The molecule has 26 heavy (non-hydrogen) atoms. The van der Waals surface area contributed by atoms with Crippen LogP contribution in [-0.4, -0.2) is 56.8 Å². The SMILES string of the molecule is COc1nn(C)cc1C(=O)N1CCC(C(=O)NCc2nc(C)no2)CC1. The highest BCUT2D eigenvalue weighted by Crippen LogP contribution is 2.22. The van der Waals surface area contributed by atoms with Gasteiger partial charge in [-0.15, -0.1) is 5.10 Å². The summed E-state index contributed by atoms with van der Waals surface area (Å²) in [7, 11) is 3.22. The smallest absolute Gasteiger partial charge is 0.260 e. The molecule has 0 unspecified atom stereocenters. The van der Waals surface area contributed by atoms with E-state index in [0.717, 1.165) is 0 Å². The first-order chi connectivity index (χ1) is 12.5. The van der Waals surface area contributed by atoms with Crippen molar-refractivity contribution < 1.29 is 18.8 Å². The number of ether oxygens (including phenoxy) is 1. The molecule has 0 radical (unpaired) electrons. The Balaban J connectivity index is 1.51. The van der Waals surface area contributed by atoms with Gasteiger partial charge in [0.2, 0.25) is 17.7 Å². The van der Waals surface area contributed by atoms with Crippen LogP contribution < -0.4 is 10.1 Å². The largest absolute Gasteiger partial charge is 0.479 e. The van der Waals surface area contributed by atoms with Crippen LogP contribution in [0, 0.1) is 12.8 Å². The molecule has 1 fully saturated rings. The maximum Gasteiger partial charge on any atom is 0.260 e. The fourth-order valence-electron chi connectivity index (χ4n) is 3.00. The van der Waals surface area contributed by atoms with Crippen LogP contribution in [0.5, 0.6) is 5.88 Å². The summed E-state index contributed by atoms with van der Waals surface area (Å²) in [6, 6.07) is 0. The molecule has 10 heteroatoms. The molecule has 0 saturated carbocycles.